The first-order valence-electron chi connectivity index (χ1n) is 4.83. The van der Waals surface area contributed by atoms with Gasteiger partial charge in [0.25, 0.3) is 0 Å². The van der Waals surface area contributed by atoms with E-state index in [-0.39, 0.29) is 18.3 Å². The van der Waals surface area contributed by atoms with Crippen molar-refractivity contribution in [1.82, 2.24) is 4.90 Å². The summed E-state index contributed by atoms with van der Waals surface area (Å²) >= 11 is 0. The molecule has 3 nitrogen and oxygen atoms in total. The second-order valence-electron chi connectivity index (χ2n) is 3.93. The largest absolute Gasteiger partial charge is 0.299 e. The molecule has 0 bridgehead atoms. The second-order valence-corrected chi connectivity index (χ2v) is 3.93. The van der Waals surface area contributed by atoms with Crippen LogP contribution >= 0.6 is 0 Å². The highest BCUT2D eigenvalue weighted by atomic mass is 16.1. The molecule has 0 aromatic carbocycles. The van der Waals surface area contributed by atoms with Gasteiger partial charge in [-0.3, -0.25) is 14.5 Å². The van der Waals surface area contributed by atoms with Crippen LogP contribution in [0.1, 0.15) is 6.92 Å². The maximum absolute atomic E-state index is 11.4. The lowest BCUT2D eigenvalue weighted by Gasteiger charge is -2.20. The molecule has 1 aliphatic rings. The average Bonchev–Trinajstić information content (AvgIpc) is 1.99. The monoisotopic (exact) mass is 181 g/mol. The molecule has 1 rings (SSSR count). The van der Waals surface area contributed by atoms with Crippen molar-refractivity contribution >= 4 is 18.3 Å². The number of likely N-dealkylation sites (N-methyl/N-ethyl adjacent to an activating group) is 1. The van der Waals surface area contributed by atoms with Gasteiger partial charge in [0.15, 0.2) is 6.71 Å². The first-order chi connectivity index (χ1) is 6.11. The van der Waals surface area contributed by atoms with Crippen LogP contribution in [0, 0.1) is 0 Å². The Morgan fingerprint density at radius 3 is 2.08 bits per heavy atom. The molecule has 0 aliphatic carbocycles. The van der Waals surface area contributed by atoms with Crippen molar-refractivity contribution in [3.63, 3.8) is 0 Å². The molecular weight excluding hydrogens is 165 g/mol. The molecule has 0 unspecified atom stereocenters. The number of hydrogen-bond acceptors (Lipinski definition) is 3. The Morgan fingerprint density at radius 1 is 1.23 bits per heavy atom. The highest BCUT2D eigenvalue weighted by Gasteiger charge is 2.24. The summed E-state index contributed by atoms with van der Waals surface area (Å²) in [5, 5.41) is 0. The molecule has 1 aliphatic heterocycles. The third-order valence-electron chi connectivity index (χ3n) is 2.50. The van der Waals surface area contributed by atoms with Crippen LogP contribution in [-0.2, 0) is 9.59 Å². The fourth-order valence-corrected chi connectivity index (χ4v) is 1.79. The predicted molar refractivity (Wildman–Crippen MR) is 53.4 cm³/mol. The van der Waals surface area contributed by atoms with Crippen LogP contribution in [0.25, 0.3) is 0 Å². The van der Waals surface area contributed by atoms with E-state index in [0.717, 1.165) is 6.32 Å². The molecule has 1 fully saturated rings. The quantitative estimate of drug-likeness (QED) is 0.555. The van der Waals surface area contributed by atoms with Gasteiger partial charge in [-0.2, -0.15) is 0 Å². The molecule has 0 amide bonds. The fraction of sp³-hybridized carbons (Fsp3) is 0.778. The van der Waals surface area contributed by atoms with Crippen LogP contribution in [0.2, 0.25) is 19.0 Å². The van der Waals surface area contributed by atoms with Crippen LogP contribution in [0.3, 0.4) is 0 Å². The van der Waals surface area contributed by atoms with E-state index >= 15 is 0 Å². The highest BCUT2D eigenvalue weighted by Crippen LogP contribution is 2.10. The van der Waals surface area contributed by atoms with Gasteiger partial charge < -0.3 is 0 Å². The topological polar surface area (TPSA) is 37.4 Å². The maximum atomic E-state index is 11.4. The molecule has 0 spiro atoms. The zero-order valence-electron chi connectivity index (χ0n) is 8.38. The Morgan fingerprint density at radius 2 is 1.69 bits per heavy atom. The SMILES string of the molecule is CCB1CC(=O)CN(C)CC(=O)C1. The minimum atomic E-state index is 0.266. The van der Waals surface area contributed by atoms with Crippen LogP contribution < -0.4 is 0 Å². The summed E-state index contributed by atoms with van der Waals surface area (Å²) in [4.78, 5) is 24.5. The van der Waals surface area contributed by atoms with Crippen molar-refractivity contribution in [2.45, 2.75) is 25.9 Å². The molecule has 0 aromatic heterocycles. The lowest BCUT2D eigenvalue weighted by Crippen LogP contribution is -2.37. The van der Waals surface area contributed by atoms with Gasteiger partial charge in [-0.15, -0.1) is 0 Å². The average molecular weight is 181 g/mol. The molecule has 0 radical (unpaired) electrons. The number of nitrogens with zero attached hydrogens (tertiary/aromatic N) is 1. The molecule has 0 N–H and O–H groups in total. The summed E-state index contributed by atoms with van der Waals surface area (Å²) in [6.45, 7) is 3.19. The van der Waals surface area contributed by atoms with Gasteiger partial charge in [0, 0.05) is 0 Å². The van der Waals surface area contributed by atoms with E-state index in [4.69, 9.17) is 0 Å². The molecule has 0 aromatic rings. The standard InChI is InChI=1S/C9H16BNO2/c1-3-10-4-8(12)6-11(2)7-9(13)5-10/h3-7H2,1-2H3. The van der Waals surface area contributed by atoms with E-state index in [0.29, 0.717) is 25.7 Å². The van der Waals surface area contributed by atoms with E-state index < -0.39 is 0 Å². The van der Waals surface area contributed by atoms with E-state index in [1.807, 2.05) is 14.0 Å². The molecule has 0 saturated carbocycles. The molecule has 13 heavy (non-hydrogen) atoms. The number of carbonyl (C=O) groups excluding carboxylic acids is 2. The Balaban J connectivity index is 2.58. The van der Waals surface area contributed by atoms with Gasteiger partial charge >= 0.3 is 0 Å². The lowest BCUT2D eigenvalue weighted by atomic mass is 9.41. The van der Waals surface area contributed by atoms with Gasteiger partial charge in [-0.05, 0) is 19.7 Å². The third kappa shape index (κ3) is 3.31. The smallest absolute Gasteiger partial charge is 0.156 e. The second kappa shape index (κ2) is 4.56. The van der Waals surface area contributed by atoms with Crippen molar-refractivity contribution in [3.8, 4) is 0 Å². The lowest BCUT2D eigenvalue weighted by molar-refractivity contribution is -0.121. The summed E-state index contributed by atoms with van der Waals surface area (Å²) in [5.41, 5.74) is 0. The van der Waals surface area contributed by atoms with E-state index in [1.165, 1.54) is 0 Å². The van der Waals surface area contributed by atoms with Crippen molar-refractivity contribution in [2.24, 2.45) is 0 Å². The van der Waals surface area contributed by atoms with Crippen LogP contribution in [0.15, 0.2) is 0 Å². The maximum Gasteiger partial charge on any atom is 0.156 e. The number of rotatable bonds is 1. The van der Waals surface area contributed by atoms with Crippen molar-refractivity contribution in [2.75, 3.05) is 20.1 Å². The number of Topliss-reactive ketones (excluding diaryl/α,β-unsaturated/α-hetero) is 2. The summed E-state index contributed by atoms with van der Waals surface area (Å²) in [6.07, 6.45) is 2.08. The van der Waals surface area contributed by atoms with E-state index in [2.05, 4.69) is 0 Å². The van der Waals surface area contributed by atoms with Gasteiger partial charge in [-0.1, -0.05) is 13.2 Å². The van der Waals surface area contributed by atoms with Gasteiger partial charge in [0.05, 0.1) is 13.1 Å². The van der Waals surface area contributed by atoms with Crippen LogP contribution in [0.5, 0.6) is 0 Å². The first kappa shape index (κ1) is 10.4. The highest BCUT2D eigenvalue weighted by molar-refractivity contribution is 6.65. The van der Waals surface area contributed by atoms with Crippen LogP contribution in [0.4, 0.5) is 0 Å². The fourth-order valence-electron chi connectivity index (χ4n) is 1.79. The molecule has 0 atom stereocenters. The number of carbonyl (C=O) groups is 2. The van der Waals surface area contributed by atoms with Crippen molar-refractivity contribution < 1.29 is 9.59 Å². The van der Waals surface area contributed by atoms with Crippen LogP contribution in [-0.4, -0.2) is 43.3 Å². The Kier molecular flexibility index (Phi) is 3.66. The first-order valence-corrected chi connectivity index (χ1v) is 4.83. The zero-order valence-corrected chi connectivity index (χ0v) is 8.38. The van der Waals surface area contributed by atoms with Gasteiger partial charge in [-0.25, -0.2) is 0 Å². The summed E-state index contributed by atoms with van der Waals surface area (Å²) in [7, 11) is 1.82. The van der Waals surface area contributed by atoms with E-state index in [9.17, 15) is 9.59 Å². The zero-order chi connectivity index (χ0) is 9.84. The Bertz CT molecular complexity index is 198. The third-order valence-corrected chi connectivity index (χ3v) is 2.50. The molecule has 72 valence electrons. The molecular formula is C9H16BNO2. The minimum absolute atomic E-state index is 0.266. The van der Waals surface area contributed by atoms with Gasteiger partial charge in [0.1, 0.15) is 11.6 Å². The van der Waals surface area contributed by atoms with Crippen molar-refractivity contribution in [1.29, 1.82) is 0 Å². The molecule has 1 heterocycles. The molecule has 1 saturated heterocycles. The summed E-state index contributed by atoms with van der Waals surface area (Å²) < 4.78 is 0. The van der Waals surface area contributed by atoms with Gasteiger partial charge in [0.2, 0.25) is 0 Å². The molecule has 4 heteroatoms. The Hall–Kier alpha value is -0.635. The summed E-state index contributed by atoms with van der Waals surface area (Å²) in [6, 6.07) is 0. The van der Waals surface area contributed by atoms with Crippen molar-refractivity contribution in [3.05, 3.63) is 0 Å². The normalized spacial score (nSPS) is 21.5. The number of hydrogen-bond donors (Lipinski definition) is 0. The Labute approximate surface area is 79.6 Å². The predicted octanol–water partition coefficient (Wildman–Crippen LogP) is 0.585. The van der Waals surface area contributed by atoms with E-state index in [1.54, 1.807) is 4.90 Å². The minimum Gasteiger partial charge on any atom is -0.299 e. The summed E-state index contributed by atoms with van der Waals surface area (Å²) in [5.74, 6) is 0.531. The number of ketones is 2.